The molecule has 3 saturated carbocycles. The minimum absolute atomic E-state index is 0.319. The number of allylic oxidation sites excluding steroid dienone is 2. The number of aliphatic hydroxyl groups excluding tert-OH is 1. The van der Waals surface area contributed by atoms with Gasteiger partial charge in [-0.1, -0.05) is 20.8 Å². The minimum Gasteiger partial charge on any atom is -0.396 e. The van der Waals surface area contributed by atoms with Crippen LogP contribution in [-0.4, -0.2) is 16.6 Å². The zero-order valence-corrected chi connectivity index (χ0v) is 17.5. The van der Waals surface area contributed by atoms with Crippen LogP contribution in [0.2, 0.25) is 0 Å². The maximum absolute atomic E-state index is 11.6. The van der Waals surface area contributed by atoms with Crippen molar-refractivity contribution >= 4 is 8.03 Å². The molecule has 0 aromatic rings. The van der Waals surface area contributed by atoms with Crippen LogP contribution in [0.3, 0.4) is 0 Å². The van der Waals surface area contributed by atoms with E-state index in [-0.39, 0.29) is 0 Å². The van der Waals surface area contributed by atoms with Gasteiger partial charge in [-0.05, 0) is 102 Å². The van der Waals surface area contributed by atoms with Crippen molar-refractivity contribution < 1.29 is 14.6 Å². The Bertz CT molecular complexity index is 617. The molecular formula is C22H36O3P+. The second-order valence-corrected chi connectivity index (χ2v) is 11.5. The van der Waals surface area contributed by atoms with E-state index in [2.05, 4.69) is 26.8 Å². The quantitative estimate of drug-likeness (QED) is 0.636. The third-order valence-electron chi connectivity index (χ3n) is 9.55. The zero-order chi connectivity index (χ0) is 18.7. The van der Waals surface area contributed by atoms with E-state index in [1.165, 1.54) is 38.5 Å². The van der Waals surface area contributed by atoms with Crippen molar-refractivity contribution in [1.82, 2.24) is 0 Å². The van der Waals surface area contributed by atoms with Gasteiger partial charge < -0.3 is 5.11 Å². The fraction of sp³-hybridized carbons (Fsp3) is 0.909. The fourth-order valence-electron chi connectivity index (χ4n) is 8.10. The minimum atomic E-state index is -2.14. The Morgan fingerprint density at radius 3 is 2.54 bits per heavy atom. The Morgan fingerprint density at radius 1 is 1.12 bits per heavy atom. The molecule has 4 aliphatic carbocycles. The summed E-state index contributed by atoms with van der Waals surface area (Å²) < 4.78 is 11.6. The van der Waals surface area contributed by atoms with Gasteiger partial charge in [-0.2, -0.15) is 4.89 Å². The number of fused-ring (bicyclic) bond motifs is 5. The molecule has 4 heteroatoms. The first-order valence-electron chi connectivity index (χ1n) is 10.8. The number of aliphatic hydroxyl groups is 1. The summed E-state index contributed by atoms with van der Waals surface area (Å²) in [4.78, 5) is 9.57. The van der Waals surface area contributed by atoms with Gasteiger partial charge in [-0.25, -0.2) is 0 Å². The van der Waals surface area contributed by atoms with Crippen LogP contribution in [0.1, 0.15) is 72.1 Å². The van der Waals surface area contributed by atoms with Crippen LogP contribution in [-0.2, 0) is 4.57 Å². The zero-order valence-electron chi connectivity index (χ0n) is 16.7. The molecule has 4 rings (SSSR count). The Hall–Kier alpha value is -0.240. The molecule has 0 saturated heterocycles. The first-order chi connectivity index (χ1) is 12.3. The van der Waals surface area contributed by atoms with Crippen LogP contribution in [0.4, 0.5) is 0 Å². The van der Waals surface area contributed by atoms with Crippen molar-refractivity contribution in [2.45, 2.75) is 72.1 Å². The predicted octanol–water partition coefficient (Wildman–Crippen LogP) is 5.50. The lowest BCUT2D eigenvalue weighted by atomic mass is 9.45. The van der Waals surface area contributed by atoms with Crippen LogP contribution in [0, 0.1) is 46.3 Å². The standard InChI is InChI=1S/C22H35O3P/c1-14(13-23)18-6-7-19-17-5-4-15-12-16(26(24)25)8-10-21(15,2)20(17)9-11-22(18,19)3/h12,14-15,17-20,23H,4-11,13H2,1-3H3/p+1/t14-,15+,17+,18-,19+,20+,21+,22-/m1/s1. The maximum Gasteiger partial charge on any atom is 0.541 e. The summed E-state index contributed by atoms with van der Waals surface area (Å²) in [5.41, 5.74) is 0.733. The lowest BCUT2D eigenvalue weighted by Gasteiger charge is -2.59. The topological polar surface area (TPSA) is 57.5 Å². The molecule has 0 aliphatic heterocycles. The fourth-order valence-corrected chi connectivity index (χ4v) is 8.72. The smallest absolute Gasteiger partial charge is 0.396 e. The molecule has 0 bridgehead atoms. The van der Waals surface area contributed by atoms with Crippen molar-refractivity contribution in [3.8, 4) is 0 Å². The summed E-state index contributed by atoms with van der Waals surface area (Å²) >= 11 is 0. The Kier molecular flexibility index (Phi) is 4.90. The normalized spacial score (nSPS) is 49.5. The van der Waals surface area contributed by atoms with E-state index in [9.17, 15) is 14.6 Å². The molecule has 4 aliphatic rings. The largest absolute Gasteiger partial charge is 0.541 e. The van der Waals surface area contributed by atoms with E-state index in [0.717, 1.165) is 35.9 Å². The monoisotopic (exact) mass is 379 g/mol. The molecule has 0 amide bonds. The van der Waals surface area contributed by atoms with Gasteiger partial charge in [0, 0.05) is 13.0 Å². The summed E-state index contributed by atoms with van der Waals surface area (Å²) in [7, 11) is -2.14. The van der Waals surface area contributed by atoms with Gasteiger partial charge in [-0.15, -0.1) is 0 Å². The summed E-state index contributed by atoms with van der Waals surface area (Å²) in [6.45, 7) is 7.58. The third-order valence-corrected chi connectivity index (χ3v) is 10.4. The van der Waals surface area contributed by atoms with Crippen LogP contribution in [0.15, 0.2) is 11.4 Å². The van der Waals surface area contributed by atoms with Crippen LogP contribution in [0.25, 0.3) is 0 Å². The second kappa shape index (κ2) is 6.68. The molecule has 2 N–H and O–H groups in total. The molecule has 0 radical (unpaired) electrons. The summed E-state index contributed by atoms with van der Waals surface area (Å²) in [6, 6.07) is 0. The molecule has 1 unspecified atom stereocenters. The van der Waals surface area contributed by atoms with Crippen LogP contribution in [0.5, 0.6) is 0 Å². The lowest BCUT2D eigenvalue weighted by Crippen LogP contribution is -2.52. The molecule has 0 aromatic carbocycles. The molecular weight excluding hydrogens is 343 g/mol. The van der Waals surface area contributed by atoms with E-state index in [1.54, 1.807) is 0 Å². The van der Waals surface area contributed by atoms with Gasteiger partial charge in [-0.3, -0.25) is 0 Å². The highest BCUT2D eigenvalue weighted by Gasteiger charge is 2.60. The van der Waals surface area contributed by atoms with Gasteiger partial charge >= 0.3 is 8.03 Å². The highest BCUT2D eigenvalue weighted by atomic mass is 31.1. The molecule has 26 heavy (non-hydrogen) atoms. The van der Waals surface area contributed by atoms with E-state index in [0.29, 0.717) is 35.2 Å². The van der Waals surface area contributed by atoms with Gasteiger partial charge in [0.1, 0.15) is 0 Å². The van der Waals surface area contributed by atoms with Crippen LogP contribution < -0.4 is 0 Å². The first kappa shape index (κ1) is 19.1. The number of hydrogen-bond acceptors (Lipinski definition) is 2. The molecule has 3 fully saturated rings. The maximum atomic E-state index is 11.6. The summed E-state index contributed by atoms with van der Waals surface area (Å²) in [6.07, 6.45) is 11.8. The molecule has 0 aromatic heterocycles. The van der Waals surface area contributed by atoms with E-state index in [4.69, 9.17) is 0 Å². The Morgan fingerprint density at radius 2 is 1.85 bits per heavy atom. The van der Waals surface area contributed by atoms with Crippen molar-refractivity contribution in [2.75, 3.05) is 6.61 Å². The first-order valence-corrected chi connectivity index (χ1v) is 12.0. The summed E-state index contributed by atoms with van der Waals surface area (Å²) in [5, 5.41) is 10.6. The molecule has 0 spiro atoms. The molecule has 0 heterocycles. The van der Waals surface area contributed by atoms with Crippen molar-refractivity contribution in [2.24, 2.45) is 46.3 Å². The average Bonchev–Trinajstić information content (AvgIpc) is 2.97. The van der Waals surface area contributed by atoms with E-state index >= 15 is 0 Å². The van der Waals surface area contributed by atoms with E-state index < -0.39 is 8.03 Å². The average molecular weight is 380 g/mol. The van der Waals surface area contributed by atoms with Gasteiger partial charge in [0.2, 0.25) is 0 Å². The predicted molar refractivity (Wildman–Crippen MR) is 105 cm³/mol. The SMILES string of the molecule is C[C@H](CO)[C@H]1CC[C@H]2[C@@H]3CC[C@H]4C=C([P+](=O)O)CC[C@]4(C)[C@H]3CC[C@]12C. The molecule has 3 nitrogen and oxygen atoms in total. The summed E-state index contributed by atoms with van der Waals surface area (Å²) in [5.74, 6) is 4.02. The third kappa shape index (κ3) is 2.68. The lowest BCUT2D eigenvalue weighted by molar-refractivity contribution is -0.0972. The Balaban J connectivity index is 1.60. The number of rotatable bonds is 3. The van der Waals surface area contributed by atoms with Crippen molar-refractivity contribution in [3.63, 3.8) is 0 Å². The Labute approximate surface area is 159 Å². The van der Waals surface area contributed by atoms with E-state index in [1.807, 2.05) is 0 Å². The molecule has 9 atom stereocenters. The van der Waals surface area contributed by atoms with Gasteiger partial charge in [0.15, 0.2) is 5.31 Å². The van der Waals surface area contributed by atoms with Crippen molar-refractivity contribution in [3.05, 3.63) is 11.4 Å². The number of hydrogen-bond donors (Lipinski definition) is 2. The van der Waals surface area contributed by atoms with Crippen molar-refractivity contribution in [1.29, 1.82) is 0 Å². The van der Waals surface area contributed by atoms with Gasteiger partial charge in [0.05, 0.1) is 0 Å². The second-order valence-electron chi connectivity index (χ2n) is 10.4. The van der Waals surface area contributed by atoms with Crippen LogP contribution >= 0.6 is 8.03 Å². The molecule has 146 valence electrons. The highest BCUT2D eigenvalue weighted by molar-refractivity contribution is 7.43. The van der Waals surface area contributed by atoms with Gasteiger partial charge in [0.25, 0.3) is 0 Å². The highest BCUT2D eigenvalue weighted by Crippen LogP contribution is 2.68.